The van der Waals surface area contributed by atoms with Crippen molar-refractivity contribution in [2.24, 2.45) is 0 Å². The first-order valence-electron chi connectivity index (χ1n) is 6.27. The molecule has 0 saturated heterocycles. The zero-order valence-corrected chi connectivity index (χ0v) is 11.8. The molecule has 0 heterocycles. The molecule has 0 N–H and O–H groups in total. The number of nitriles is 1. The third-order valence-corrected chi connectivity index (χ3v) is 3.00. The van der Waals surface area contributed by atoms with Crippen LogP contribution >= 0.6 is 0 Å². The number of ether oxygens (including phenoxy) is 2. The number of benzene rings is 2. The van der Waals surface area contributed by atoms with E-state index in [1.807, 2.05) is 0 Å². The van der Waals surface area contributed by atoms with Gasteiger partial charge in [0.25, 0.3) is 0 Å². The van der Waals surface area contributed by atoms with Crippen molar-refractivity contribution in [2.45, 2.75) is 0 Å². The average Bonchev–Trinajstić information content (AvgIpc) is 2.52. The molecule has 2 aromatic carbocycles. The Morgan fingerprint density at radius 1 is 1.14 bits per heavy atom. The molecule has 0 unspecified atom stereocenters. The summed E-state index contributed by atoms with van der Waals surface area (Å²) >= 11 is 0. The molecule has 3 nitrogen and oxygen atoms in total. The molecule has 0 spiro atoms. The molecule has 0 bridgehead atoms. The molecule has 0 aliphatic rings. The van der Waals surface area contributed by atoms with Gasteiger partial charge in [0.2, 0.25) is 0 Å². The maximum atomic E-state index is 13.3. The Hall–Kier alpha value is -2.80. The summed E-state index contributed by atoms with van der Waals surface area (Å²) in [7, 11) is 3.11. The highest BCUT2D eigenvalue weighted by Gasteiger charge is 2.07. The van der Waals surface area contributed by atoms with Gasteiger partial charge in [-0.2, -0.15) is 5.26 Å². The summed E-state index contributed by atoms with van der Waals surface area (Å²) < 4.78 is 23.7. The van der Waals surface area contributed by atoms with Gasteiger partial charge >= 0.3 is 0 Å². The largest absolute Gasteiger partial charge is 0.497 e. The van der Waals surface area contributed by atoms with Gasteiger partial charge in [0.1, 0.15) is 17.3 Å². The minimum Gasteiger partial charge on any atom is -0.497 e. The molecular formula is C17H14FNO2. The Balaban J connectivity index is 2.48. The van der Waals surface area contributed by atoms with Crippen LogP contribution in [0, 0.1) is 17.1 Å². The third-order valence-electron chi connectivity index (χ3n) is 3.00. The number of rotatable bonds is 4. The summed E-state index contributed by atoms with van der Waals surface area (Å²) in [6.45, 7) is 0. The summed E-state index contributed by atoms with van der Waals surface area (Å²) in [5.41, 5.74) is 1.60. The Morgan fingerprint density at radius 2 is 1.95 bits per heavy atom. The fourth-order valence-electron chi connectivity index (χ4n) is 1.93. The first-order valence-corrected chi connectivity index (χ1v) is 6.27. The number of nitrogens with zero attached hydrogens (tertiary/aromatic N) is 1. The van der Waals surface area contributed by atoms with Crippen LogP contribution in [0.25, 0.3) is 11.6 Å². The fourth-order valence-corrected chi connectivity index (χ4v) is 1.93. The molecule has 0 aliphatic carbocycles. The molecule has 0 aromatic heterocycles. The van der Waals surface area contributed by atoms with E-state index < -0.39 is 0 Å². The van der Waals surface area contributed by atoms with E-state index in [0.29, 0.717) is 22.6 Å². The van der Waals surface area contributed by atoms with Gasteiger partial charge in [0.15, 0.2) is 0 Å². The van der Waals surface area contributed by atoms with E-state index >= 15 is 0 Å². The van der Waals surface area contributed by atoms with Gasteiger partial charge in [-0.3, -0.25) is 0 Å². The predicted molar refractivity (Wildman–Crippen MR) is 79.4 cm³/mol. The molecule has 0 amide bonds. The Morgan fingerprint density at radius 3 is 2.57 bits per heavy atom. The van der Waals surface area contributed by atoms with Crippen LogP contribution in [-0.4, -0.2) is 14.2 Å². The second kappa shape index (κ2) is 6.58. The van der Waals surface area contributed by atoms with Crippen molar-refractivity contribution in [3.05, 3.63) is 59.4 Å². The molecule has 106 valence electrons. The van der Waals surface area contributed by atoms with Crippen LogP contribution in [0.5, 0.6) is 11.5 Å². The van der Waals surface area contributed by atoms with Crippen LogP contribution in [0.1, 0.15) is 11.1 Å². The monoisotopic (exact) mass is 283 g/mol. The lowest BCUT2D eigenvalue weighted by atomic mass is 10.0. The number of hydrogen-bond acceptors (Lipinski definition) is 3. The van der Waals surface area contributed by atoms with Gasteiger partial charge in [-0.05, 0) is 35.9 Å². The second-order valence-corrected chi connectivity index (χ2v) is 4.29. The summed E-state index contributed by atoms with van der Waals surface area (Å²) in [6.07, 6.45) is 1.66. The van der Waals surface area contributed by atoms with Crippen molar-refractivity contribution < 1.29 is 13.9 Å². The predicted octanol–water partition coefficient (Wildman–Crippen LogP) is 3.91. The smallest absolute Gasteiger partial charge is 0.129 e. The molecule has 4 heteroatoms. The van der Waals surface area contributed by atoms with Crippen molar-refractivity contribution in [3.8, 4) is 17.6 Å². The highest BCUT2D eigenvalue weighted by atomic mass is 19.1. The standard InChI is InChI=1S/C17H14FNO2/c1-20-16-7-6-13(17(10-16)21-2)8-14(11-19)12-4-3-5-15(18)9-12/h3-10H,1-2H3/b14-8-. The van der Waals surface area contributed by atoms with E-state index in [2.05, 4.69) is 6.07 Å². The number of hydrogen-bond donors (Lipinski definition) is 0. The molecule has 21 heavy (non-hydrogen) atoms. The first-order chi connectivity index (χ1) is 10.2. The topological polar surface area (TPSA) is 42.2 Å². The van der Waals surface area contributed by atoms with Crippen LogP contribution in [0.15, 0.2) is 42.5 Å². The van der Waals surface area contributed by atoms with E-state index in [4.69, 9.17) is 9.47 Å². The molecule has 0 atom stereocenters. The van der Waals surface area contributed by atoms with E-state index in [1.54, 1.807) is 50.6 Å². The lowest BCUT2D eigenvalue weighted by Gasteiger charge is -2.08. The molecular weight excluding hydrogens is 269 g/mol. The van der Waals surface area contributed by atoms with Crippen molar-refractivity contribution >= 4 is 11.6 Å². The molecule has 0 aliphatic heterocycles. The van der Waals surface area contributed by atoms with Crippen LogP contribution in [-0.2, 0) is 0 Å². The van der Waals surface area contributed by atoms with Gasteiger partial charge in [0.05, 0.1) is 25.9 Å². The van der Waals surface area contributed by atoms with Gasteiger partial charge in [-0.15, -0.1) is 0 Å². The summed E-state index contributed by atoms with van der Waals surface area (Å²) in [5.74, 6) is 0.863. The fraction of sp³-hybridized carbons (Fsp3) is 0.118. The minimum absolute atomic E-state index is 0.359. The lowest BCUT2D eigenvalue weighted by Crippen LogP contribution is -1.91. The molecule has 2 aromatic rings. The van der Waals surface area contributed by atoms with E-state index in [1.165, 1.54) is 12.1 Å². The maximum absolute atomic E-state index is 13.3. The van der Waals surface area contributed by atoms with Gasteiger partial charge in [0, 0.05) is 11.6 Å². The quantitative estimate of drug-likeness (QED) is 0.631. The highest BCUT2D eigenvalue weighted by molar-refractivity contribution is 5.90. The van der Waals surface area contributed by atoms with E-state index in [-0.39, 0.29) is 5.82 Å². The van der Waals surface area contributed by atoms with Crippen molar-refractivity contribution in [3.63, 3.8) is 0 Å². The molecule has 2 rings (SSSR count). The van der Waals surface area contributed by atoms with Crippen molar-refractivity contribution in [1.29, 1.82) is 5.26 Å². The summed E-state index contributed by atoms with van der Waals surface area (Å²) in [4.78, 5) is 0. The highest BCUT2D eigenvalue weighted by Crippen LogP contribution is 2.28. The third kappa shape index (κ3) is 3.40. The molecule has 0 radical (unpaired) electrons. The lowest BCUT2D eigenvalue weighted by molar-refractivity contribution is 0.394. The Labute approximate surface area is 122 Å². The number of methoxy groups -OCH3 is 2. The molecule has 0 fully saturated rings. The average molecular weight is 283 g/mol. The van der Waals surface area contributed by atoms with Crippen molar-refractivity contribution in [2.75, 3.05) is 14.2 Å². The summed E-state index contributed by atoms with van der Waals surface area (Å²) in [6, 6.07) is 13.3. The first kappa shape index (κ1) is 14.6. The van der Waals surface area contributed by atoms with Crippen LogP contribution in [0.2, 0.25) is 0 Å². The van der Waals surface area contributed by atoms with Crippen molar-refractivity contribution in [1.82, 2.24) is 0 Å². The maximum Gasteiger partial charge on any atom is 0.129 e. The van der Waals surface area contributed by atoms with E-state index in [9.17, 15) is 9.65 Å². The number of allylic oxidation sites excluding steroid dienone is 1. The zero-order chi connectivity index (χ0) is 15.2. The van der Waals surface area contributed by atoms with Gasteiger partial charge < -0.3 is 9.47 Å². The number of halogens is 1. The second-order valence-electron chi connectivity index (χ2n) is 4.29. The van der Waals surface area contributed by atoms with Gasteiger partial charge in [-0.1, -0.05) is 12.1 Å². The zero-order valence-electron chi connectivity index (χ0n) is 11.8. The Kier molecular flexibility index (Phi) is 4.57. The Bertz CT molecular complexity index is 717. The van der Waals surface area contributed by atoms with Crippen LogP contribution < -0.4 is 9.47 Å². The molecule has 0 saturated carbocycles. The normalized spacial score (nSPS) is 10.9. The summed E-state index contributed by atoms with van der Waals surface area (Å²) in [5, 5.41) is 9.29. The van der Waals surface area contributed by atoms with Crippen LogP contribution in [0.4, 0.5) is 4.39 Å². The van der Waals surface area contributed by atoms with Crippen LogP contribution in [0.3, 0.4) is 0 Å². The van der Waals surface area contributed by atoms with E-state index in [0.717, 1.165) is 5.56 Å². The minimum atomic E-state index is -0.379. The SMILES string of the molecule is COc1ccc(/C=C(/C#N)c2cccc(F)c2)c(OC)c1. The van der Waals surface area contributed by atoms with Gasteiger partial charge in [-0.25, -0.2) is 4.39 Å².